The molecule has 1 saturated heterocycles. The van der Waals surface area contributed by atoms with Gasteiger partial charge in [0.05, 0.1) is 12.2 Å². The van der Waals surface area contributed by atoms with E-state index >= 15 is 0 Å². The van der Waals surface area contributed by atoms with Crippen molar-refractivity contribution in [1.82, 2.24) is 4.90 Å². The van der Waals surface area contributed by atoms with Crippen LogP contribution in [0.25, 0.3) is 0 Å². The minimum absolute atomic E-state index is 0.279. The second-order valence-corrected chi connectivity index (χ2v) is 6.31. The van der Waals surface area contributed by atoms with Crippen molar-refractivity contribution in [1.29, 1.82) is 0 Å². The SMILES string of the molecule is CC(C)(C)OC(=O)N1CCC(O)CCCCC(O)C1. The van der Waals surface area contributed by atoms with Crippen LogP contribution >= 0.6 is 0 Å². The largest absolute Gasteiger partial charge is 0.444 e. The molecular weight excluding hydrogens is 246 g/mol. The summed E-state index contributed by atoms with van der Waals surface area (Å²) in [6.45, 7) is 6.15. The van der Waals surface area contributed by atoms with Crippen molar-refractivity contribution in [3.05, 3.63) is 0 Å². The van der Waals surface area contributed by atoms with Gasteiger partial charge in [0.1, 0.15) is 5.60 Å². The Bertz CT molecular complexity index is 288. The predicted molar refractivity (Wildman–Crippen MR) is 72.9 cm³/mol. The molecule has 2 unspecified atom stereocenters. The van der Waals surface area contributed by atoms with Gasteiger partial charge in [-0.1, -0.05) is 12.8 Å². The molecule has 0 aliphatic carbocycles. The van der Waals surface area contributed by atoms with Crippen molar-refractivity contribution < 1.29 is 19.7 Å². The van der Waals surface area contributed by atoms with Crippen LogP contribution in [0.15, 0.2) is 0 Å². The molecule has 0 saturated carbocycles. The molecule has 2 N–H and O–H groups in total. The van der Waals surface area contributed by atoms with Crippen LogP contribution in [0.3, 0.4) is 0 Å². The third kappa shape index (κ3) is 6.78. The zero-order valence-corrected chi connectivity index (χ0v) is 12.3. The average Bonchev–Trinajstić information content (AvgIpc) is 2.27. The predicted octanol–water partition coefficient (Wildman–Crippen LogP) is 1.91. The van der Waals surface area contributed by atoms with E-state index < -0.39 is 17.8 Å². The lowest BCUT2D eigenvalue weighted by Crippen LogP contribution is -2.42. The highest BCUT2D eigenvalue weighted by atomic mass is 16.6. The molecule has 2 atom stereocenters. The topological polar surface area (TPSA) is 70.0 Å². The molecular formula is C14H27NO4. The number of hydrogen-bond acceptors (Lipinski definition) is 4. The second kappa shape index (κ2) is 7.10. The van der Waals surface area contributed by atoms with Crippen LogP contribution < -0.4 is 0 Å². The number of carbonyl (C=O) groups excluding carboxylic acids is 1. The molecule has 0 aromatic rings. The van der Waals surface area contributed by atoms with E-state index in [1.807, 2.05) is 20.8 Å². The van der Waals surface area contributed by atoms with Crippen LogP contribution in [0.1, 0.15) is 52.9 Å². The van der Waals surface area contributed by atoms with E-state index in [0.29, 0.717) is 19.4 Å². The fourth-order valence-corrected chi connectivity index (χ4v) is 2.14. The first-order valence-electron chi connectivity index (χ1n) is 7.12. The van der Waals surface area contributed by atoms with E-state index in [9.17, 15) is 15.0 Å². The minimum Gasteiger partial charge on any atom is -0.444 e. The first-order chi connectivity index (χ1) is 8.78. The molecule has 1 heterocycles. The summed E-state index contributed by atoms with van der Waals surface area (Å²) in [6.07, 6.45) is 2.42. The number of β-amino-alcohol motifs (C(OH)–C–C–N with tert-alkyl or cyclic N) is 1. The highest BCUT2D eigenvalue weighted by Crippen LogP contribution is 2.16. The molecule has 0 aromatic carbocycles. The second-order valence-electron chi connectivity index (χ2n) is 6.31. The molecule has 1 amide bonds. The van der Waals surface area contributed by atoms with Crippen LogP contribution in [-0.4, -0.2) is 52.1 Å². The summed E-state index contributed by atoms with van der Waals surface area (Å²) in [5, 5.41) is 19.7. The number of aliphatic hydroxyl groups excluding tert-OH is 2. The fraction of sp³-hybridized carbons (Fsp3) is 0.929. The first kappa shape index (κ1) is 16.2. The maximum Gasteiger partial charge on any atom is 0.410 e. The van der Waals surface area contributed by atoms with Crippen molar-refractivity contribution in [2.45, 2.75) is 70.7 Å². The van der Waals surface area contributed by atoms with Gasteiger partial charge in [-0.05, 0) is 40.0 Å². The molecule has 5 heteroatoms. The lowest BCUT2D eigenvalue weighted by Gasteiger charge is -2.30. The minimum atomic E-state index is -0.546. The first-order valence-corrected chi connectivity index (χ1v) is 7.12. The van der Waals surface area contributed by atoms with Gasteiger partial charge in [-0.25, -0.2) is 4.79 Å². The molecule has 112 valence electrons. The van der Waals surface area contributed by atoms with Gasteiger partial charge in [-0.3, -0.25) is 0 Å². The Morgan fingerprint density at radius 3 is 2.26 bits per heavy atom. The third-order valence-corrected chi connectivity index (χ3v) is 3.14. The van der Waals surface area contributed by atoms with Crippen molar-refractivity contribution in [3.63, 3.8) is 0 Å². The van der Waals surface area contributed by atoms with Crippen molar-refractivity contribution in [3.8, 4) is 0 Å². The summed E-state index contributed by atoms with van der Waals surface area (Å²) >= 11 is 0. The molecule has 1 fully saturated rings. The van der Waals surface area contributed by atoms with Gasteiger partial charge < -0.3 is 19.8 Å². The maximum atomic E-state index is 12.0. The Morgan fingerprint density at radius 2 is 1.68 bits per heavy atom. The number of hydrogen-bond donors (Lipinski definition) is 2. The van der Waals surface area contributed by atoms with Gasteiger partial charge in [0.15, 0.2) is 0 Å². The van der Waals surface area contributed by atoms with Gasteiger partial charge in [-0.2, -0.15) is 0 Å². The van der Waals surface area contributed by atoms with Gasteiger partial charge in [0.25, 0.3) is 0 Å². The van der Waals surface area contributed by atoms with E-state index in [4.69, 9.17) is 4.74 Å². The van der Waals surface area contributed by atoms with Crippen molar-refractivity contribution >= 4 is 6.09 Å². The highest BCUT2D eigenvalue weighted by molar-refractivity contribution is 5.68. The van der Waals surface area contributed by atoms with Gasteiger partial charge in [0, 0.05) is 13.1 Å². The number of amides is 1. The quantitative estimate of drug-likeness (QED) is 0.707. The number of aliphatic hydroxyl groups is 2. The van der Waals surface area contributed by atoms with Crippen LogP contribution in [0.4, 0.5) is 4.79 Å². The summed E-state index contributed by atoms with van der Waals surface area (Å²) < 4.78 is 5.32. The Morgan fingerprint density at radius 1 is 1.11 bits per heavy atom. The van der Waals surface area contributed by atoms with E-state index in [2.05, 4.69) is 0 Å². The van der Waals surface area contributed by atoms with Gasteiger partial charge in [0.2, 0.25) is 0 Å². The lowest BCUT2D eigenvalue weighted by atomic mass is 10.0. The Balaban J connectivity index is 2.62. The molecule has 1 rings (SSSR count). The normalized spacial score (nSPS) is 26.9. The summed E-state index contributed by atoms with van der Waals surface area (Å²) in [4.78, 5) is 13.5. The highest BCUT2D eigenvalue weighted by Gasteiger charge is 2.25. The fourth-order valence-electron chi connectivity index (χ4n) is 2.14. The Kier molecular flexibility index (Phi) is 6.07. The number of ether oxygens (including phenoxy) is 1. The van der Waals surface area contributed by atoms with Crippen LogP contribution in [-0.2, 0) is 4.74 Å². The Hall–Kier alpha value is -0.810. The van der Waals surface area contributed by atoms with Crippen LogP contribution in [0.5, 0.6) is 0 Å². The van der Waals surface area contributed by atoms with Crippen molar-refractivity contribution in [2.75, 3.05) is 13.1 Å². The average molecular weight is 273 g/mol. The number of rotatable bonds is 0. The van der Waals surface area contributed by atoms with Gasteiger partial charge >= 0.3 is 6.09 Å². The molecule has 5 nitrogen and oxygen atoms in total. The summed E-state index contributed by atoms with van der Waals surface area (Å²) in [5.41, 5.74) is -0.546. The zero-order chi connectivity index (χ0) is 14.5. The Labute approximate surface area is 115 Å². The lowest BCUT2D eigenvalue weighted by molar-refractivity contribution is 0.00836. The molecule has 0 radical (unpaired) electrons. The van der Waals surface area contributed by atoms with Crippen LogP contribution in [0.2, 0.25) is 0 Å². The maximum absolute atomic E-state index is 12.0. The molecule has 19 heavy (non-hydrogen) atoms. The molecule has 1 aliphatic rings. The molecule has 0 bridgehead atoms. The smallest absolute Gasteiger partial charge is 0.410 e. The van der Waals surface area contributed by atoms with Gasteiger partial charge in [-0.15, -0.1) is 0 Å². The van der Waals surface area contributed by atoms with E-state index in [0.717, 1.165) is 19.3 Å². The molecule has 0 aromatic heterocycles. The van der Waals surface area contributed by atoms with E-state index in [1.54, 1.807) is 0 Å². The summed E-state index contributed by atoms with van der Waals surface area (Å²) in [5.74, 6) is 0. The standard InChI is InChI=1S/C14H27NO4/c1-14(2,3)19-13(18)15-9-8-11(16)6-4-5-7-12(17)10-15/h11-12,16-17H,4-10H2,1-3H3. The summed E-state index contributed by atoms with van der Waals surface area (Å²) in [7, 11) is 0. The van der Waals surface area contributed by atoms with Crippen LogP contribution in [0, 0.1) is 0 Å². The van der Waals surface area contributed by atoms with Crippen molar-refractivity contribution in [2.24, 2.45) is 0 Å². The summed E-state index contributed by atoms with van der Waals surface area (Å²) in [6, 6.07) is 0. The third-order valence-electron chi connectivity index (χ3n) is 3.14. The monoisotopic (exact) mass is 273 g/mol. The van der Waals surface area contributed by atoms with E-state index in [-0.39, 0.29) is 12.6 Å². The molecule has 0 spiro atoms. The number of nitrogens with zero attached hydrogens (tertiary/aromatic N) is 1. The van der Waals surface area contributed by atoms with E-state index in [1.165, 1.54) is 4.90 Å². The zero-order valence-electron chi connectivity index (χ0n) is 12.3. The number of carbonyl (C=O) groups is 1. The molecule has 1 aliphatic heterocycles.